The minimum Gasteiger partial charge on any atom is -0.481 e. The fourth-order valence-electron chi connectivity index (χ4n) is 2.32. The standard InChI is InChI=1S/C15H14N2O4/c18-14(16-11-6-10(7-11)15(19)20)13-8-12(17-21-13)9-4-2-1-3-5-9/h1-5,8,10-11H,6-7H2,(H,16,18)(H,19,20)/t10-,11+. The van der Waals surface area contributed by atoms with Crippen LogP contribution in [0.1, 0.15) is 23.4 Å². The number of rotatable bonds is 4. The van der Waals surface area contributed by atoms with Gasteiger partial charge in [0.2, 0.25) is 5.76 Å². The zero-order chi connectivity index (χ0) is 14.8. The number of nitrogens with zero attached hydrogens (tertiary/aromatic N) is 1. The van der Waals surface area contributed by atoms with Gasteiger partial charge in [-0.05, 0) is 12.8 Å². The molecule has 1 saturated carbocycles. The van der Waals surface area contributed by atoms with Crippen LogP contribution in [0.4, 0.5) is 0 Å². The van der Waals surface area contributed by atoms with Crippen molar-refractivity contribution in [1.82, 2.24) is 10.5 Å². The topological polar surface area (TPSA) is 92.4 Å². The molecule has 6 heteroatoms. The molecule has 0 spiro atoms. The van der Waals surface area contributed by atoms with Crippen molar-refractivity contribution in [1.29, 1.82) is 0 Å². The monoisotopic (exact) mass is 286 g/mol. The number of benzene rings is 1. The van der Waals surface area contributed by atoms with Crippen LogP contribution < -0.4 is 5.32 Å². The molecule has 2 aromatic rings. The van der Waals surface area contributed by atoms with Crippen molar-refractivity contribution in [2.24, 2.45) is 5.92 Å². The number of carbonyl (C=O) groups excluding carboxylic acids is 1. The molecule has 1 fully saturated rings. The predicted octanol–water partition coefficient (Wildman–Crippen LogP) is 1.93. The minimum absolute atomic E-state index is 0.108. The Morgan fingerprint density at radius 1 is 1.24 bits per heavy atom. The fourth-order valence-corrected chi connectivity index (χ4v) is 2.32. The molecule has 0 bridgehead atoms. The van der Waals surface area contributed by atoms with Crippen molar-refractivity contribution in [2.45, 2.75) is 18.9 Å². The van der Waals surface area contributed by atoms with Gasteiger partial charge in [-0.3, -0.25) is 9.59 Å². The Hall–Kier alpha value is -2.63. The summed E-state index contributed by atoms with van der Waals surface area (Å²) in [6.45, 7) is 0. The SMILES string of the molecule is O=C(N[C@H]1C[C@@H](C(=O)O)C1)c1cc(-c2ccccc2)no1. The van der Waals surface area contributed by atoms with Gasteiger partial charge in [0.05, 0.1) is 5.92 Å². The molecule has 0 atom stereocenters. The van der Waals surface area contributed by atoms with E-state index in [1.54, 1.807) is 6.07 Å². The van der Waals surface area contributed by atoms with Crippen LogP contribution in [0.2, 0.25) is 0 Å². The molecule has 1 aliphatic rings. The molecule has 0 unspecified atom stereocenters. The van der Waals surface area contributed by atoms with Gasteiger partial charge in [0, 0.05) is 17.7 Å². The Balaban J connectivity index is 1.62. The van der Waals surface area contributed by atoms with Gasteiger partial charge in [-0.15, -0.1) is 0 Å². The highest BCUT2D eigenvalue weighted by atomic mass is 16.5. The quantitative estimate of drug-likeness (QED) is 0.896. The van der Waals surface area contributed by atoms with Gasteiger partial charge in [0.1, 0.15) is 5.69 Å². The van der Waals surface area contributed by atoms with Crippen molar-refractivity contribution in [3.8, 4) is 11.3 Å². The van der Waals surface area contributed by atoms with Crippen LogP contribution >= 0.6 is 0 Å². The van der Waals surface area contributed by atoms with E-state index in [9.17, 15) is 9.59 Å². The molecule has 1 aliphatic carbocycles. The Morgan fingerprint density at radius 3 is 2.62 bits per heavy atom. The summed E-state index contributed by atoms with van der Waals surface area (Å²) in [5.41, 5.74) is 1.47. The number of carboxylic acids is 1. The van der Waals surface area contributed by atoms with E-state index in [2.05, 4.69) is 10.5 Å². The van der Waals surface area contributed by atoms with E-state index in [1.807, 2.05) is 30.3 Å². The summed E-state index contributed by atoms with van der Waals surface area (Å²) in [6, 6.07) is 10.9. The predicted molar refractivity (Wildman–Crippen MR) is 73.6 cm³/mol. The van der Waals surface area contributed by atoms with Crippen LogP contribution in [0.5, 0.6) is 0 Å². The summed E-state index contributed by atoms with van der Waals surface area (Å²) < 4.78 is 5.05. The van der Waals surface area contributed by atoms with Crippen molar-refractivity contribution >= 4 is 11.9 Å². The molecule has 1 aromatic carbocycles. The van der Waals surface area contributed by atoms with E-state index in [4.69, 9.17) is 9.63 Å². The molecule has 21 heavy (non-hydrogen) atoms. The highest BCUT2D eigenvalue weighted by Crippen LogP contribution is 2.28. The molecule has 0 aliphatic heterocycles. The average Bonchev–Trinajstić information content (AvgIpc) is 2.92. The summed E-state index contributed by atoms with van der Waals surface area (Å²) in [5, 5.41) is 15.4. The van der Waals surface area contributed by atoms with Gasteiger partial charge in [-0.2, -0.15) is 0 Å². The van der Waals surface area contributed by atoms with Crippen LogP contribution in [0.3, 0.4) is 0 Å². The average molecular weight is 286 g/mol. The van der Waals surface area contributed by atoms with E-state index < -0.39 is 5.97 Å². The van der Waals surface area contributed by atoms with Crippen LogP contribution in [-0.4, -0.2) is 28.2 Å². The first-order valence-electron chi connectivity index (χ1n) is 6.69. The lowest BCUT2D eigenvalue weighted by molar-refractivity contribution is -0.145. The van der Waals surface area contributed by atoms with E-state index in [0.29, 0.717) is 18.5 Å². The maximum Gasteiger partial charge on any atom is 0.306 e. The second kappa shape index (κ2) is 5.40. The normalized spacial score (nSPS) is 20.6. The Bertz CT molecular complexity index is 659. The first-order chi connectivity index (χ1) is 10.1. The highest BCUT2D eigenvalue weighted by molar-refractivity contribution is 5.92. The molecule has 1 amide bonds. The molecular formula is C15H14N2O4. The first kappa shape index (κ1) is 13.4. The second-order valence-corrected chi connectivity index (χ2v) is 5.12. The number of amides is 1. The molecular weight excluding hydrogens is 272 g/mol. The van der Waals surface area contributed by atoms with Gasteiger partial charge in [-0.25, -0.2) is 0 Å². The van der Waals surface area contributed by atoms with E-state index in [1.165, 1.54) is 0 Å². The number of nitrogens with one attached hydrogen (secondary N) is 1. The van der Waals surface area contributed by atoms with Gasteiger partial charge in [-0.1, -0.05) is 35.5 Å². The summed E-state index contributed by atoms with van der Waals surface area (Å²) >= 11 is 0. The summed E-state index contributed by atoms with van der Waals surface area (Å²) in [6.07, 6.45) is 0.918. The summed E-state index contributed by atoms with van der Waals surface area (Å²) in [7, 11) is 0. The highest BCUT2D eigenvalue weighted by Gasteiger charge is 2.35. The van der Waals surface area contributed by atoms with E-state index >= 15 is 0 Å². The van der Waals surface area contributed by atoms with E-state index in [-0.39, 0.29) is 23.6 Å². The minimum atomic E-state index is -0.813. The smallest absolute Gasteiger partial charge is 0.306 e. The first-order valence-corrected chi connectivity index (χ1v) is 6.69. The van der Waals surface area contributed by atoms with Crippen LogP contribution in [0, 0.1) is 5.92 Å². The van der Waals surface area contributed by atoms with E-state index in [0.717, 1.165) is 5.56 Å². The summed E-state index contributed by atoms with van der Waals surface area (Å²) in [5.74, 6) is -1.40. The third-order valence-electron chi connectivity index (χ3n) is 3.63. The maximum atomic E-state index is 12.0. The van der Waals surface area contributed by atoms with Gasteiger partial charge < -0.3 is 14.9 Å². The third kappa shape index (κ3) is 2.79. The lowest BCUT2D eigenvalue weighted by Crippen LogP contribution is -2.46. The zero-order valence-corrected chi connectivity index (χ0v) is 11.2. The Morgan fingerprint density at radius 2 is 1.95 bits per heavy atom. The number of aliphatic carboxylic acids is 1. The molecule has 6 nitrogen and oxygen atoms in total. The molecule has 0 saturated heterocycles. The molecule has 1 heterocycles. The Labute approximate surface area is 120 Å². The van der Waals surface area contributed by atoms with Gasteiger partial charge >= 0.3 is 5.97 Å². The molecule has 108 valence electrons. The van der Waals surface area contributed by atoms with Crippen LogP contribution in [0.15, 0.2) is 40.9 Å². The van der Waals surface area contributed by atoms with Gasteiger partial charge in [0.25, 0.3) is 5.91 Å². The summed E-state index contributed by atoms with van der Waals surface area (Å²) in [4.78, 5) is 22.7. The van der Waals surface area contributed by atoms with Gasteiger partial charge in [0.15, 0.2) is 0 Å². The lowest BCUT2D eigenvalue weighted by Gasteiger charge is -2.32. The molecule has 3 rings (SSSR count). The van der Waals surface area contributed by atoms with Crippen LogP contribution in [0.25, 0.3) is 11.3 Å². The lowest BCUT2D eigenvalue weighted by atomic mass is 9.80. The maximum absolute atomic E-state index is 12.0. The number of hydrogen-bond donors (Lipinski definition) is 2. The zero-order valence-electron chi connectivity index (χ0n) is 11.2. The van der Waals surface area contributed by atoms with Crippen molar-refractivity contribution < 1.29 is 19.2 Å². The Kier molecular flexibility index (Phi) is 3.43. The van der Waals surface area contributed by atoms with Crippen molar-refractivity contribution in [3.05, 3.63) is 42.2 Å². The second-order valence-electron chi connectivity index (χ2n) is 5.12. The van der Waals surface area contributed by atoms with Crippen molar-refractivity contribution in [2.75, 3.05) is 0 Å². The number of hydrogen-bond acceptors (Lipinski definition) is 4. The fraction of sp³-hybridized carbons (Fsp3) is 0.267. The molecule has 2 N–H and O–H groups in total. The number of carbonyl (C=O) groups is 2. The third-order valence-corrected chi connectivity index (χ3v) is 3.63. The van der Waals surface area contributed by atoms with Crippen molar-refractivity contribution in [3.63, 3.8) is 0 Å². The largest absolute Gasteiger partial charge is 0.481 e. The number of carboxylic acid groups (broad SMARTS) is 1. The molecule has 1 aromatic heterocycles. The molecule has 0 radical (unpaired) electrons. The van der Waals surface area contributed by atoms with Crippen LogP contribution in [-0.2, 0) is 4.79 Å². The number of aromatic nitrogens is 1.